The third kappa shape index (κ3) is 7.40. The Hall–Kier alpha value is -2.72. The Morgan fingerprint density at radius 2 is 2.03 bits per heavy atom. The van der Waals surface area contributed by atoms with Gasteiger partial charge in [0.1, 0.15) is 11.4 Å². The average Bonchev–Trinajstić information content (AvgIpc) is 3.30. The maximum absolute atomic E-state index is 12.9. The van der Waals surface area contributed by atoms with E-state index in [0.29, 0.717) is 23.5 Å². The number of benzene rings is 1. The number of nitrogens with zero attached hydrogens (tertiary/aromatic N) is 3. The fraction of sp³-hybridized carbons (Fsp3) is 0.476. The van der Waals surface area contributed by atoms with Crippen LogP contribution in [0.3, 0.4) is 0 Å². The molecule has 1 aromatic carbocycles. The van der Waals surface area contributed by atoms with Crippen LogP contribution < -0.4 is 10.1 Å². The number of ether oxygens (including phenoxy) is 2. The number of aromatic nitrogens is 1. The Morgan fingerprint density at radius 3 is 2.55 bits per heavy atom. The summed E-state index contributed by atoms with van der Waals surface area (Å²) >= 11 is 0.362. The van der Waals surface area contributed by atoms with Gasteiger partial charge in [-0.1, -0.05) is 12.1 Å². The Bertz CT molecular complexity index is 962. The Labute approximate surface area is 193 Å². The minimum atomic E-state index is -4.63. The molecule has 0 aliphatic carbocycles. The molecule has 0 saturated carbocycles. The van der Waals surface area contributed by atoms with Crippen molar-refractivity contribution in [3.05, 3.63) is 45.9 Å². The van der Waals surface area contributed by atoms with E-state index in [4.69, 9.17) is 9.47 Å². The fourth-order valence-corrected chi connectivity index (χ4v) is 3.72. The molecule has 2 unspecified atom stereocenters. The van der Waals surface area contributed by atoms with Crippen molar-refractivity contribution in [3.63, 3.8) is 0 Å². The van der Waals surface area contributed by atoms with E-state index in [-0.39, 0.29) is 37.3 Å². The number of aliphatic hydroxyl groups is 1. The predicted molar refractivity (Wildman–Crippen MR) is 114 cm³/mol. The number of hydrogen-bond donors (Lipinski definition) is 2. The van der Waals surface area contributed by atoms with Gasteiger partial charge in [0.15, 0.2) is 11.6 Å². The molecular weight excluding hydrogens is 461 g/mol. The minimum absolute atomic E-state index is 0.0869. The van der Waals surface area contributed by atoms with Gasteiger partial charge in [-0.05, 0) is 31.0 Å². The molecule has 2 N–H and O–H groups in total. The maximum Gasteiger partial charge on any atom is 0.443 e. The van der Waals surface area contributed by atoms with Gasteiger partial charge < -0.3 is 19.9 Å². The second-order valence-electron chi connectivity index (χ2n) is 7.25. The van der Waals surface area contributed by atoms with Gasteiger partial charge in [0.2, 0.25) is 5.79 Å². The smallest absolute Gasteiger partial charge is 0.443 e. The number of amides is 1. The lowest BCUT2D eigenvalue weighted by Crippen LogP contribution is -2.47. The maximum atomic E-state index is 12.9. The van der Waals surface area contributed by atoms with E-state index in [0.717, 1.165) is 10.9 Å². The van der Waals surface area contributed by atoms with Crippen LogP contribution in [0.1, 0.15) is 23.2 Å². The van der Waals surface area contributed by atoms with Gasteiger partial charge in [-0.3, -0.25) is 9.69 Å². The van der Waals surface area contributed by atoms with E-state index in [1.165, 1.54) is 14.2 Å². The van der Waals surface area contributed by atoms with Crippen molar-refractivity contribution in [1.29, 1.82) is 5.26 Å². The zero-order chi connectivity index (χ0) is 24.6. The number of thiazole rings is 1. The molecule has 0 radical (unpaired) electrons. The second-order valence-corrected chi connectivity index (χ2v) is 8.10. The average molecular weight is 487 g/mol. The molecule has 0 aliphatic rings. The number of alkyl halides is 3. The Morgan fingerprint density at radius 1 is 1.36 bits per heavy atom. The Kier molecular flexibility index (Phi) is 9.18. The first-order valence-corrected chi connectivity index (χ1v) is 10.7. The quantitative estimate of drug-likeness (QED) is 0.371. The molecule has 2 atom stereocenters. The molecule has 2 rings (SSSR count). The number of rotatable bonds is 11. The highest BCUT2D eigenvalue weighted by molar-refractivity contribution is 7.09. The lowest BCUT2D eigenvalue weighted by Gasteiger charge is -2.34. The molecule has 1 heterocycles. The van der Waals surface area contributed by atoms with E-state index >= 15 is 0 Å². The molecule has 2 aromatic rings. The van der Waals surface area contributed by atoms with Crippen LogP contribution in [-0.2, 0) is 27.9 Å². The summed E-state index contributed by atoms with van der Waals surface area (Å²) in [7, 11) is 2.68. The van der Waals surface area contributed by atoms with E-state index in [2.05, 4.69) is 10.3 Å². The van der Waals surface area contributed by atoms with Crippen LogP contribution in [-0.4, -0.2) is 60.8 Å². The molecule has 8 nitrogen and oxygen atoms in total. The summed E-state index contributed by atoms with van der Waals surface area (Å²) < 4.78 is 49.3. The highest BCUT2D eigenvalue weighted by atomic mass is 32.1. The molecule has 1 amide bonds. The number of hydrogen-bond acceptors (Lipinski definition) is 8. The molecular formula is C21H25F3N4O4S. The van der Waals surface area contributed by atoms with Crippen molar-refractivity contribution in [1.82, 2.24) is 15.2 Å². The van der Waals surface area contributed by atoms with Gasteiger partial charge in [-0.25, -0.2) is 4.98 Å². The summed E-state index contributed by atoms with van der Waals surface area (Å²) in [5.74, 6) is -1.86. The first-order chi connectivity index (χ1) is 15.5. The zero-order valence-electron chi connectivity index (χ0n) is 18.3. The number of carbonyl (C=O) groups excluding carboxylic acids is 1. The van der Waals surface area contributed by atoms with Gasteiger partial charge in [0.05, 0.1) is 19.2 Å². The molecule has 33 heavy (non-hydrogen) atoms. The first kappa shape index (κ1) is 26.5. The molecule has 0 spiro atoms. The highest BCUT2D eigenvalue weighted by Gasteiger charge is 2.40. The largest absolute Gasteiger partial charge is 0.484 e. The van der Waals surface area contributed by atoms with Crippen LogP contribution in [0.15, 0.2) is 29.6 Å². The van der Waals surface area contributed by atoms with Crippen molar-refractivity contribution >= 4 is 17.2 Å². The van der Waals surface area contributed by atoms with Crippen molar-refractivity contribution in [3.8, 4) is 11.8 Å². The summed E-state index contributed by atoms with van der Waals surface area (Å²) in [6.07, 6.45) is -4.16. The number of carbonyl (C=O) groups is 1. The van der Waals surface area contributed by atoms with Crippen LogP contribution >= 0.6 is 11.3 Å². The van der Waals surface area contributed by atoms with Crippen LogP contribution in [0.5, 0.6) is 5.75 Å². The minimum Gasteiger partial charge on any atom is -0.484 e. The van der Waals surface area contributed by atoms with Gasteiger partial charge in [-0.2, -0.15) is 18.4 Å². The standard InChI is InChI=1S/C21H25F3N4O4S/c1-14(10-15-4-6-16(7-5-15)32-11-18(29)26-2)28(9-8-25)13-20(30,31-3)17-12-33-19(27-17)21(22,23)24/h4-7,12,14,30H,9-11,13H2,1-3H3,(H,26,29). The first-order valence-electron chi connectivity index (χ1n) is 9.86. The van der Waals surface area contributed by atoms with Gasteiger partial charge >= 0.3 is 6.18 Å². The van der Waals surface area contributed by atoms with Crippen LogP contribution in [0.4, 0.5) is 13.2 Å². The van der Waals surface area contributed by atoms with E-state index in [9.17, 15) is 28.3 Å². The van der Waals surface area contributed by atoms with Crippen LogP contribution in [0.2, 0.25) is 0 Å². The highest BCUT2D eigenvalue weighted by Crippen LogP contribution is 2.35. The van der Waals surface area contributed by atoms with Crippen LogP contribution in [0, 0.1) is 11.3 Å². The van der Waals surface area contributed by atoms with Crippen LogP contribution in [0.25, 0.3) is 0 Å². The van der Waals surface area contributed by atoms with Crippen molar-refractivity contribution < 1.29 is 32.5 Å². The summed E-state index contributed by atoms with van der Waals surface area (Å²) in [5.41, 5.74) is 0.627. The van der Waals surface area contributed by atoms with Gasteiger partial charge in [-0.15, -0.1) is 11.3 Å². The summed E-state index contributed by atoms with van der Waals surface area (Å²) in [6, 6.07) is 8.76. The van der Waals surface area contributed by atoms with Crippen molar-refractivity contribution in [2.75, 3.05) is 33.9 Å². The second kappa shape index (κ2) is 11.4. The van der Waals surface area contributed by atoms with E-state index < -0.39 is 17.0 Å². The number of nitriles is 1. The Balaban J connectivity index is 2.10. The monoisotopic (exact) mass is 486 g/mol. The predicted octanol–water partition coefficient (Wildman–Crippen LogP) is 2.53. The van der Waals surface area contributed by atoms with E-state index in [1.54, 1.807) is 29.2 Å². The topological polar surface area (TPSA) is 108 Å². The lowest BCUT2D eigenvalue weighted by molar-refractivity contribution is -0.210. The lowest BCUT2D eigenvalue weighted by atomic mass is 10.0. The molecule has 1 aromatic heterocycles. The molecule has 0 aliphatic heterocycles. The number of methoxy groups -OCH3 is 1. The third-order valence-electron chi connectivity index (χ3n) is 4.90. The van der Waals surface area contributed by atoms with Gasteiger partial charge in [0, 0.05) is 25.6 Å². The number of likely N-dealkylation sites (N-methyl/N-ethyl adjacent to an activating group) is 1. The molecule has 0 saturated heterocycles. The zero-order valence-corrected chi connectivity index (χ0v) is 19.2. The van der Waals surface area contributed by atoms with Gasteiger partial charge in [0.25, 0.3) is 5.91 Å². The molecule has 0 bridgehead atoms. The molecule has 12 heteroatoms. The molecule has 0 fully saturated rings. The number of nitrogens with one attached hydrogen (secondary N) is 1. The van der Waals surface area contributed by atoms with Crippen molar-refractivity contribution in [2.45, 2.75) is 31.3 Å². The number of halogens is 3. The van der Waals surface area contributed by atoms with E-state index in [1.807, 2.05) is 13.0 Å². The fourth-order valence-electron chi connectivity index (χ4n) is 2.98. The SMILES string of the molecule is CNC(=O)COc1ccc(CC(C)N(CC#N)CC(O)(OC)c2csc(C(F)(F)F)n2)cc1. The van der Waals surface area contributed by atoms with Crippen molar-refractivity contribution in [2.24, 2.45) is 0 Å². The summed E-state index contributed by atoms with van der Waals surface area (Å²) in [5, 5.41) is 22.6. The summed E-state index contributed by atoms with van der Waals surface area (Å²) in [6.45, 7) is 1.37. The summed E-state index contributed by atoms with van der Waals surface area (Å²) in [4.78, 5) is 16.4. The molecule has 180 valence electrons. The normalized spacial score (nSPS) is 14.4. The third-order valence-corrected chi connectivity index (χ3v) is 5.79.